The summed E-state index contributed by atoms with van der Waals surface area (Å²) in [5.74, 6) is -0.353. The van der Waals surface area contributed by atoms with Crippen LogP contribution in [-0.2, 0) is 19.5 Å². The highest BCUT2D eigenvalue weighted by molar-refractivity contribution is 6.62. The summed E-state index contributed by atoms with van der Waals surface area (Å²) in [5, 5.41) is 0. The van der Waals surface area contributed by atoms with Crippen LogP contribution in [0.2, 0.25) is 0 Å². The van der Waals surface area contributed by atoms with Gasteiger partial charge in [-0.1, -0.05) is 26.8 Å². The fourth-order valence-electron chi connectivity index (χ4n) is 2.44. The predicted molar refractivity (Wildman–Crippen MR) is 92.2 cm³/mol. The molecule has 1 aliphatic rings. The topological polar surface area (TPSA) is 44.8 Å². The van der Waals surface area contributed by atoms with Crippen molar-refractivity contribution in [2.24, 2.45) is 0 Å². The quantitative estimate of drug-likeness (QED) is 0.621. The lowest BCUT2D eigenvalue weighted by molar-refractivity contribution is 0.00578. The van der Waals surface area contributed by atoms with E-state index < -0.39 is 18.3 Å². The van der Waals surface area contributed by atoms with Crippen molar-refractivity contribution in [2.45, 2.75) is 65.1 Å². The van der Waals surface area contributed by atoms with Gasteiger partial charge in [0.1, 0.15) is 0 Å². The highest BCUT2D eigenvalue weighted by atomic mass is 16.7. The molecule has 0 radical (unpaired) electrons. The fraction of sp³-hybridized carbons (Fsp3) is 0.611. The van der Waals surface area contributed by atoms with Crippen LogP contribution in [0.15, 0.2) is 18.2 Å². The average molecular weight is 318 g/mol. The summed E-state index contributed by atoms with van der Waals surface area (Å²) in [4.78, 5) is 12.0. The smallest absolute Gasteiger partial charge is 0.465 e. The lowest BCUT2D eigenvalue weighted by Gasteiger charge is -2.32. The van der Waals surface area contributed by atoms with Gasteiger partial charge in [0.05, 0.1) is 23.9 Å². The van der Waals surface area contributed by atoms with Gasteiger partial charge < -0.3 is 14.0 Å². The first-order valence-electron chi connectivity index (χ1n) is 7.97. The SMILES string of the molecule is COC(=O)c1cc(B2OC(C)(C)C(C)(C)O2)cc(C(C)(C)C)c1. The molecular formula is C18H27BO4. The van der Waals surface area contributed by atoms with Gasteiger partial charge in [0.15, 0.2) is 0 Å². The molecule has 0 bridgehead atoms. The van der Waals surface area contributed by atoms with Gasteiger partial charge in [-0.05, 0) is 56.3 Å². The van der Waals surface area contributed by atoms with Crippen molar-refractivity contribution in [1.82, 2.24) is 0 Å². The number of hydrogen-bond acceptors (Lipinski definition) is 4. The predicted octanol–water partition coefficient (Wildman–Crippen LogP) is 3.07. The molecule has 0 spiro atoms. The lowest BCUT2D eigenvalue weighted by Crippen LogP contribution is -2.41. The molecule has 0 saturated carbocycles. The molecule has 126 valence electrons. The molecule has 1 heterocycles. The van der Waals surface area contributed by atoms with Gasteiger partial charge in [-0.25, -0.2) is 4.79 Å². The Kier molecular flexibility index (Phi) is 4.42. The Labute approximate surface area is 139 Å². The summed E-state index contributed by atoms with van der Waals surface area (Å²) < 4.78 is 17.1. The molecule has 0 N–H and O–H groups in total. The van der Waals surface area contributed by atoms with Crippen molar-refractivity contribution < 1.29 is 18.8 Å². The molecule has 0 amide bonds. The number of methoxy groups -OCH3 is 1. The molecule has 1 saturated heterocycles. The maximum absolute atomic E-state index is 12.0. The van der Waals surface area contributed by atoms with Crippen molar-refractivity contribution in [3.05, 3.63) is 29.3 Å². The molecule has 4 nitrogen and oxygen atoms in total. The first-order chi connectivity index (χ1) is 10.4. The van der Waals surface area contributed by atoms with E-state index in [1.807, 2.05) is 33.8 Å². The third-order valence-corrected chi connectivity index (χ3v) is 4.77. The summed E-state index contributed by atoms with van der Waals surface area (Å²) in [7, 11) is 0.895. The Balaban J connectivity index is 2.49. The molecule has 0 aliphatic carbocycles. The fourth-order valence-corrected chi connectivity index (χ4v) is 2.44. The second-order valence-electron chi connectivity index (χ2n) is 8.17. The van der Waals surface area contributed by atoms with Gasteiger partial charge >= 0.3 is 13.1 Å². The molecule has 23 heavy (non-hydrogen) atoms. The number of hydrogen-bond donors (Lipinski definition) is 0. The van der Waals surface area contributed by atoms with E-state index in [1.165, 1.54) is 7.11 Å². The molecule has 1 aromatic rings. The first-order valence-corrected chi connectivity index (χ1v) is 7.97. The van der Waals surface area contributed by atoms with Crippen LogP contribution in [0.4, 0.5) is 0 Å². The number of carbonyl (C=O) groups excluding carboxylic acids is 1. The maximum Gasteiger partial charge on any atom is 0.494 e. The first kappa shape index (κ1) is 18.0. The summed E-state index contributed by atoms with van der Waals surface area (Å²) in [6, 6.07) is 5.72. The van der Waals surface area contributed by atoms with Gasteiger partial charge in [0, 0.05) is 0 Å². The van der Waals surface area contributed by atoms with Crippen LogP contribution < -0.4 is 5.46 Å². The third kappa shape index (κ3) is 3.46. The second-order valence-corrected chi connectivity index (χ2v) is 8.17. The zero-order valence-corrected chi connectivity index (χ0v) is 15.4. The van der Waals surface area contributed by atoms with Gasteiger partial charge in [-0.15, -0.1) is 0 Å². The lowest BCUT2D eigenvalue weighted by atomic mass is 9.74. The zero-order chi connectivity index (χ0) is 17.6. The molecule has 5 heteroatoms. The molecular weight excluding hydrogens is 291 g/mol. The summed E-state index contributed by atoms with van der Waals surface area (Å²) in [6.45, 7) is 14.4. The van der Waals surface area contributed by atoms with E-state index in [9.17, 15) is 4.79 Å². The van der Waals surface area contributed by atoms with E-state index in [-0.39, 0.29) is 11.4 Å². The summed E-state index contributed by atoms with van der Waals surface area (Å²) in [5.41, 5.74) is 1.48. The van der Waals surface area contributed by atoms with Crippen molar-refractivity contribution in [3.63, 3.8) is 0 Å². The monoisotopic (exact) mass is 318 g/mol. The Morgan fingerprint density at radius 2 is 1.57 bits per heavy atom. The van der Waals surface area contributed by atoms with Gasteiger partial charge in [-0.3, -0.25) is 0 Å². The number of ether oxygens (including phenoxy) is 1. The van der Waals surface area contributed by atoms with E-state index in [1.54, 1.807) is 6.07 Å². The second kappa shape index (κ2) is 5.64. The van der Waals surface area contributed by atoms with Crippen LogP contribution in [0.3, 0.4) is 0 Å². The van der Waals surface area contributed by atoms with Crippen molar-refractivity contribution in [1.29, 1.82) is 0 Å². The van der Waals surface area contributed by atoms with Crippen LogP contribution in [0.5, 0.6) is 0 Å². The number of carbonyl (C=O) groups is 1. The van der Waals surface area contributed by atoms with Crippen LogP contribution in [-0.4, -0.2) is 31.4 Å². The Bertz CT molecular complexity index is 598. The molecule has 2 rings (SSSR count). The van der Waals surface area contributed by atoms with Crippen LogP contribution in [0, 0.1) is 0 Å². The van der Waals surface area contributed by atoms with Gasteiger partial charge in [0.2, 0.25) is 0 Å². The average Bonchev–Trinajstić information content (AvgIpc) is 2.65. The molecule has 1 aromatic carbocycles. The minimum atomic E-state index is -0.495. The number of esters is 1. The molecule has 1 aliphatic heterocycles. The molecule has 1 fully saturated rings. The highest BCUT2D eigenvalue weighted by Crippen LogP contribution is 2.36. The summed E-state index contributed by atoms with van der Waals surface area (Å²) >= 11 is 0. The molecule has 0 aromatic heterocycles. The van der Waals surface area contributed by atoms with E-state index in [0.717, 1.165) is 11.0 Å². The van der Waals surface area contributed by atoms with E-state index in [4.69, 9.17) is 14.0 Å². The van der Waals surface area contributed by atoms with Gasteiger partial charge in [0.25, 0.3) is 0 Å². The maximum atomic E-state index is 12.0. The van der Waals surface area contributed by atoms with Crippen molar-refractivity contribution in [3.8, 4) is 0 Å². The minimum absolute atomic E-state index is 0.0948. The normalized spacial score (nSPS) is 19.7. The van der Waals surface area contributed by atoms with Crippen LogP contribution in [0.1, 0.15) is 64.4 Å². The van der Waals surface area contributed by atoms with Crippen molar-refractivity contribution >= 4 is 18.6 Å². The van der Waals surface area contributed by atoms with Crippen molar-refractivity contribution in [2.75, 3.05) is 7.11 Å². The summed E-state index contributed by atoms with van der Waals surface area (Å²) in [6.07, 6.45) is 0. The van der Waals surface area contributed by atoms with E-state index in [2.05, 4.69) is 26.8 Å². The van der Waals surface area contributed by atoms with Crippen LogP contribution in [0.25, 0.3) is 0 Å². The van der Waals surface area contributed by atoms with E-state index in [0.29, 0.717) is 5.56 Å². The standard InChI is InChI=1S/C18H27BO4/c1-16(2,3)13-9-12(15(20)21-8)10-14(11-13)19-22-17(4,5)18(6,7)23-19/h9-11H,1-8H3. The Morgan fingerprint density at radius 3 is 2.00 bits per heavy atom. The highest BCUT2D eigenvalue weighted by Gasteiger charge is 2.51. The number of benzene rings is 1. The largest absolute Gasteiger partial charge is 0.494 e. The van der Waals surface area contributed by atoms with E-state index >= 15 is 0 Å². The van der Waals surface area contributed by atoms with Gasteiger partial charge in [-0.2, -0.15) is 0 Å². The Morgan fingerprint density at radius 1 is 1.04 bits per heavy atom. The van der Waals surface area contributed by atoms with Crippen LogP contribution >= 0.6 is 0 Å². The third-order valence-electron chi connectivity index (χ3n) is 4.77. The molecule has 0 atom stereocenters. The minimum Gasteiger partial charge on any atom is -0.465 e. The Hall–Kier alpha value is -1.33. The number of rotatable bonds is 2. The molecule has 0 unspecified atom stereocenters. The zero-order valence-electron chi connectivity index (χ0n) is 15.4.